The van der Waals surface area contributed by atoms with E-state index in [9.17, 15) is 8.78 Å². The number of hydrogen-bond acceptors (Lipinski definition) is 1. The molecule has 0 spiro atoms. The minimum Gasteiger partial charge on any atom is -0.376 e. The summed E-state index contributed by atoms with van der Waals surface area (Å²) in [6.07, 6.45) is 0. The van der Waals surface area contributed by atoms with Crippen LogP contribution in [0.2, 0.25) is 0 Å². The molecule has 0 heterocycles. The van der Waals surface area contributed by atoms with Crippen LogP contribution in [-0.4, -0.2) is 0 Å². The quantitative estimate of drug-likeness (QED) is 0.827. The molecule has 106 valence electrons. The van der Waals surface area contributed by atoms with Gasteiger partial charge in [-0.15, -0.1) is 0 Å². The number of rotatable bonds is 4. The molecule has 0 aliphatic carbocycles. The molecule has 3 heteroatoms. The highest BCUT2D eigenvalue weighted by Crippen LogP contribution is 2.22. The Morgan fingerprint density at radius 2 is 1.65 bits per heavy atom. The van der Waals surface area contributed by atoms with Gasteiger partial charge in [-0.3, -0.25) is 0 Å². The van der Waals surface area contributed by atoms with Gasteiger partial charge in [-0.05, 0) is 35.6 Å². The summed E-state index contributed by atoms with van der Waals surface area (Å²) in [5.41, 5.74) is 2.62. The number of halogens is 2. The summed E-state index contributed by atoms with van der Waals surface area (Å²) in [6.45, 7) is 6.28. The zero-order chi connectivity index (χ0) is 14.7. The van der Waals surface area contributed by atoms with Crippen LogP contribution in [0.4, 0.5) is 14.5 Å². The van der Waals surface area contributed by atoms with Crippen molar-refractivity contribution in [3.05, 3.63) is 64.7 Å². The topological polar surface area (TPSA) is 12.0 Å². The Labute approximate surface area is 118 Å². The molecule has 2 aromatic carbocycles. The lowest BCUT2D eigenvalue weighted by molar-refractivity contribution is 0.582. The molecule has 0 aliphatic heterocycles. The zero-order valence-electron chi connectivity index (χ0n) is 12.0. The molecule has 0 saturated heterocycles. The predicted octanol–water partition coefficient (Wildman–Crippen LogP) is 5.01. The maximum absolute atomic E-state index is 13.8. The van der Waals surface area contributed by atoms with Gasteiger partial charge in [0.05, 0.1) is 0 Å². The molecule has 1 N–H and O–H groups in total. The highest BCUT2D eigenvalue weighted by Gasteiger charge is 2.10. The first-order valence-electron chi connectivity index (χ1n) is 6.76. The summed E-state index contributed by atoms with van der Waals surface area (Å²) < 4.78 is 27.4. The van der Waals surface area contributed by atoms with Gasteiger partial charge in [-0.2, -0.15) is 0 Å². The van der Waals surface area contributed by atoms with Crippen LogP contribution in [0.15, 0.2) is 36.4 Å². The first-order valence-corrected chi connectivity index (χ1v) is 6.76. The first-order chi connectivity index (χ1) is 9.49. The smallest absolute Gasteiger partial charge is 0.152 e. The fourth-order valence-electron chi connectivity index (χ4n) is 2.03. The Morgan fingerprint density at radius 3 is 2.25 bits per heavy atom. The molecule has 20 heavy (non-hydrogen) atoms. The Bertz CT molecular complexity index is 589. The molecule has 0 amide bonds. The Morgan fingerprint density at radius 1 is 1.00 bits per heavy atom. The van der Waals surface area contributed by atoms with Gasteiger partial charge in [0.2, 0.25) is 0 Å². The molecule has 0 bridgehead atoms. The fourth-order valence-corrected chi connectivity index (χ4v) is 2.03. The van der Waals surface area contributed by atoms with Crippen molar-refractivity contribution in [2.45, 2.75) is 33.2 Å². The highest BCUT2D eigenvalue weighted by atomic mass is 19.1. The SMILES string of the molecule is Cc1ccc(F)c(NCc2ccc(C(C)C)cc2)c1F. The van der Waals surface area contributed by atoms with E-state index in [-0.39, 0.29) is 5.69 Å². The van der Waals surface area contributed by atoms with Gasteiger partial charge in [0.25, 0.3) is 0 Å². The second-order valence-electron chi connectivity index (χ2n) is 5.30. The van der Waals surface area contributed by atoms with Crippen LogP contribution >= 0.6 is 0 Å². The monoisotopic (exact) mass is 275 g/mol. The van der Waals surface area contributed by atoms with Crippen LogP contribution < -0.4 is 5.32 Å². The largest absolute Gasteiger partial charge is 0.376 e. The molecular formula is C17H19F2N. The van der Waals surface area contributed by atoms with Gasteiger partial charge in [0.1, 0.15) is 11.5 Å². The lowest BCUT2D eigenvalue weighted by Crippen LogP contribution is -2.05. The molecule has 0 atom stereocenters. The summed E-state index contributed by atoms with van der Waals surface area (Å²) in [4.78, 5) is 0. The van der Waals surface area contributed by atoms with Crippen molar-refractivity contribution in [2.24, 2.45) is 0 Å². The molecule has 2 aromatic rings. The highest BCUT2D eigenvalue weighted by molar-refractivity contribution is 5.49. The van der Waals surface area contributed by atoms with E-state index < -0.39 is 11.6 Å². The second kappa shape index (κ2) is 6.04. The molecule has 0 aromatic heterocycles. The third-order valence-corrected chi connectivity index (χ3v) is 3.40. The number of nitrogens with one attached hydrogen (secondary N) is 1. The number of aryl methyl sites for hydroxylation is 1. The van der Waals surface area contributed by atoms with E-state index in [1.807, 2.05) is 24.3 Å². The molecule has 0 unspecified atom stereocenters. The average Bonchev–Trinajstić information content (AvgIpc) is 2.43. The van der Waals surface area contributed by atoms with Crippen LogP contribution in [0.25, 0.3) is 0 Å². The molecular weight excluding hydrogens is 256 g/mol. The Hall–Kier alpha value is -1.90. The summed E-state index contributed by atoms with van der Waals surface area (Å²) >= 11 is 0. The Balaban J connectivity index is 2.11. The van der Waals surface area contributed by atoms with E-state index in [0.717, 1.165) is 5.56 Å². The maximum Gasteiger partial charge on any atom is 0.152 e. The van der Waals surface area contributed by atoms with Crippen LogP contribution in [0.3, 0.4) is 0 Å². The van der Waals surface area contributed by atoms with E-state index in [1.165, 1.54) is 17.7 Å². The van der Waals surface area contributed by atoms with Gasteiger partial charge < -0.3 is 5.32 Å². The van der Waals surface area contributed by atoms with Crippen molar-refractivity contribution in [1.82, 2.24) is 0 Å². The first kappa shape index (κ1) is 14.5. The lowest BCUT2D eigenvalue weighted by atomic mass is 10.0. The van der Waals surface area contributed by atoms with Gasteiger partial charge >= 0.3 is 0 Å². The summed E-state index contributed by atoms with van der Waals surface area (Å²) in [7, 11) is 0. The van der Waals surface area contributed by atoms with Gasteiger partial charge in [-0.25, -0.2) is 8.78 Å². The van der Waals surface area contributed by atoms with Gasteiger partial charge in [0, 0.05) is 6.54 Å². The van der Waals surface area contributed by atoms with Crippen molar-refractivity contribution in [3.8, 4) is 0 Å². The molecule has 2 rings (SSSR count). The van der Waals surface area contributed by atoms with Crippen molar-refractivity contribution < 1.29 is 8.78 Å². The van der Waals surface area contributed by atoms with E-state index >= 15 is 0 Å². The van der Waals surface area contributed by atoms with Crippen molar-refractivity contribution in [1.29, 1.82) is 0 Å². The van der Waals surface area contributed by atoms with Crippen LogP contribution in [0.1, 0.15) is 36.5 Å². The minimum atomic E-state index is -0.563. The van der Waals surface area contributed by atoms with E-state index in [1.54, 1.807) is 6.92 Å². The third-order valence-electron chi connectivity index (χ3n) is 3.40. The second-order valence-corrected chi connectivity index (χ2v) is 5.30. The number of benzene rings is 2. The van der Waals surface area contributed by atoms with Gasteiger partial charge in [-0.1, -0.05) is 44.2 Å². The van der Waals surface area contributed by atoms with Crippen molar-refractivity contribution in [3.63, 3.8) is 0 Å². The van der Waals surface area contributed by atoms with Crippen LogP contribution in [-0.2, 0) is 6.54 Å². The molecule has 0 saturated carbocycles. The zero-order valence-corrected chi connectivity index (χ0v) is 12.0. The summed E-state index contributed by atoms with van der Waals surface area (Å²) in [5, 5.41) is 2.84. The third kappa shape index (κ3) is 3.16. The Kier molecular flexibility index (Phi) is 4.38. The van der Waals surface area contributed by atoms with E-state index in [0.29, 0.717) is 18.0 Å². The molecule has 0 fully saturated rings. The molecule has 1 nitrogen and oxygen atoms in total. The standard InChI is InChI=1S/C17H19F2N/c1-11(2)14-7-5-13(6-8-14)10-20-17-15(18)9-4-12(3)16(17)19/h4-9,11,20H,10H2,1-3H3. The maximum atomic E-state index is 13.8. The summed E-state index contributed by atoms with van der Waals surface area (Å²) in [5.74, 6) is -0.612. The van der Waals surface area contributed by atoms with E-state index in [4.69, 9.17) is 0 Å². The number of hydrogen-bond donors (Lipinski definition) is 1. The van der Waals surface area contributed by atoms with E-state index in [2.05, 4.69) is 19.2 Å². The average molecular weight is 275 g/mol. The van der Waals surface area contributed by atoms with Crippen molar-refractivity contribution in [2.75, 3.05) is 5.32 Å². The minimum absolute atomic E-state index is 0.0575. The molecule has 0 radical (unpaired) electrons. The van der Waals surface area contributed by atoms with Crippen LogP contribution in [0.5, 0.6) is 0 Å². The summed E-state index contributed by atoms with van der Waals surface area (Å²) in [6, 6.07) is 10.8. The fraction of sp³-hybridized carbons (Fsp3) is 0.294. The lowest BCUT2D eigenvalue weighted by Gasteiger charge is -2.11. The number of anilines is 1. The van der Waals surface area contributed by atoms with Gasteiger partial charge in [0.15, 0.2) is 5.82 Å². The van der Waals surface area contributed by atoms with Crippen molar-refractivity contribution >= 4 is 5.69 Å². The van der Waals surface area contributed by atoms with Crippen LogP contribution in [0, 0.1) is 18.6 Å². The normalized spacial score (nSPS) is 10.9. The molecule has 0 aliphatic rings. The predicted molar refractivity (Wildman–Crippen MR) is 79.0 cm³/mol.